The first-order chi connectivity index (χ1) is 7.53. The summed E-state index contributed by atoms with van der Waals surface area (Å²) in [4.78, 5) is 22.4. The first kappa shape index (κ1) is 13.4. The fourth-order valence-electron chi connectivity index (χ4n) is 1.46. The van der Waals surface area contributed by atoms with Gasteiger partial charge in [-0.1, -0.05) is 0 Å². The highest BCUT2D eigenvalue weighted by Gasteiger charge is 2.45. The number of hydrogen-bond donors (Lipinski definition) is 0. The molecule has 1 unspecified atom stereocenters. The Morgan fingerprint density at radius 2 is 1.94 bits per heavy atom. The highest BCUT2D eigenvalue weighted by molar-refractivity contribution is 8.00. The van der Waals surface area contributed by atoms with Crippen molar-refractivity contribution in [2.24, 2.45) is 5.41 Å². The van der Waals surface area contributed by atoms with Gasteiger partial charge in [0.25, 0.3) is 0 Å². The molecule has 1 aliphatic rings. The van der Waals surface area contributed by atoms with E-state index >= 15 is 0 Å². The maximum atomic E-state index is 11.2. The van der Waals surface area contributed by atoms with Gasteiger partial charge in [0.05, 0.1) is 25.9 Å². The van der Waals surface area contributed by atoms with Gasteiger partial charge >= 0.3 is 11.9 Å². The normalized spacial score (nSPS) is 18.7. The molecule has 0 aromatic rings. The number of methoxy groups -OCH3 is 2. The fourth-order valence-corrected chi connectivity index (χ4v) is 2.69. The molecule has 1 aliphatic carbocycles. The third kappa shape index (κ3) is 3.70. The van der Waals surface area contributed by atoms with Crippen LogP contribution in [0.25, 0.3) is 0 Å². The van der Waals surface area contributed by atoms with Crippen molar-refractivity contribution >= 4 is 23.7 Å². The van der Waals surface area contributed by atoms with Gasteiger partial charge in [0.15, 0.2) is 0 Å². The predicted octanol–water partition coefficient (Wildman–Crippen LogP) is 1.62. The van der Waals surface area contributed by atoms with Gasteiger partial charge in [0, 0.05) is 5.75 Å². The largest absolute Gasteiger partial charge is 0.469 e. The Bertz CT molecular complexity index is 273. The third-order valence-corrected chi connectivity index (χ3v) is 4.35. The van der Waals surface area contributed by atoms with E-state index in [-0.39, 0.29) is 22.6 Å². The summed E-state index contributed by atoms with van der Waals surface area (Å²) in [5.74, 6) is 0.445. The van der Waals surface area contributed by atoms with Crippen LogP contribution in [-0.4, -0.2) is 37.2 Å². The maximum absolute atomic E-state index is 11.2. The van der Waals surface area contributed by atoms with Gasteiger partial charge < -0.3 is 9.47 Å². The molecule has 0 N–H and O–H groups in total. The molecule has 4 nitrogen and oxygen atoms in total. The van der Waals surface area contributed by atoms with Crippen LogP contribution in [0.3, 0.4) is 0 Å². The number of esters is 2. The van der Waals surface area contributed by atoms with Crippen LogP contribution < -0.4 is 0 Å². The van der Waals surface area contributed by atoms with Gasteiger partial charge in [-0.05, 0) is 25.2 Å². The zero-order chi connectivity index (χ0) is 12.2. The molecule has 1 saturated carbocycles. The Morgan fingerprint density at radius 1 is 1.31 bits per heavy atom. The fraction of sp³-hybridized carbons (Fsp3) is 0.818. The molecule has 0 bridgehead atoms. The summed E-state index contributed by atoms with van der Waals surface area (Å²) < 4.78 is 9.31. The van der Waals surface area contributed by atoms with E-state index in [0.717, 1.165) is 18.6 Å². The van der Waals surface area contributed by atoms with Gasteiger partial charge in [-0.3, -0.25) is 9.59 Å². The molecule has 5 heteroatoms. The summed E-state index contributed by atoms with van der Waals surface area (Å²) in [6.45, 7) is 1.82. The highest BCUT2D eigenvalue weighted by atomic mass is 32.2. The summed E-state index contributed by atoms with van der Waals surface area (Å²) in [6.07, 6.45) is 2.55. The number of carbonyl (C=O) groups is 2. The van der Waals surface area contributed by atoms with Crippen LogP contribution in [0.1, 0.15) is 26.2 Å². The van der Waals surface area contributed by atoms with Crippen molar-refractivity contribution in [1.82, 2.24) is 0 Å². The quantitative estimate of drug-likeness (QED) is 0.667. The summed E-state index contributed by atoms with van der Waals surface area (Å²) in [7, 11) is 2.80. The summed E-state index contributed by atoms with van der Waals surface area (Å²) in [5, 5.41) is -0.167. The lowest BCUT2D eigenvalue weighted by Crippen LogP contribution is -2.19. The van der Waals surface area contributed by atoms with Gasteiger partial charge in [-0.25, -0.2) is 0 Å². The SMILES string of the molecule is COC(=O)CC1(CSC(C)C(=O)OC)CC1. The standard InChI is InChI=1S/C11H18O4S/c1-8(10(13)15-3)16-7-11(4-5-11)6-9(12)14-2/h8H,4-7H2,1-3H3. The average molecular weight is 246 g/mol. The van der Waals surface area contributed by atoms with E-state index in [0.29, 0.717) is 6.42 Å². The van der Waals surface area contributed by atoms with Crippen LogP contribution >= 0.6 is 11.8 Å². The Kier molecular flexibility index (Phi) is 4.65. The van der Waals surface area contributed by atoms with Crippen molar-refractivity contribution < 1.29 is 19.1 Å². The van der Waals surface area contributed by atoms with E-state index in [1.807, 2.05) is 6.92 Å². The monoisotopic (exact) mass is 246 g/mol. The van der Waals surface area contributed by atoms with Crippen molar-refractivity contribution in [2.45, 2.75) is 31.4 Å². The topological polar surface area (TPSA) is 52.6 Å². The second kappa shape index (κ2) is 5.57. The Hall–Kier alpha value is -0.710. The van der Waals surface area contributed by atoms with Gasteiger partial charge in [0.1, 0.15) is 0 Å². The molecule has 0 aromatic heterocycles. The summed E-state index contributed by atoms with van der Waals surface area (Å²) in [6, 6.07) is 0. The molecule has 0 spiro atoms. The number of ether oxygens (including phenoxy) is 2. The molecular weight excluding hydrogens is 228 g/mol. The number of rotatable bonds is 6. The summed E-state index contributed by atoms with van der Waals surface area (Å²) >= 11 is 1.55. The molecule has 0 saturated heterocycles. The van der Waals surface area contributed by atoms with E-state index in [2.05, 4.69) is 9.47 Å². The molecule has 0 radical (unpaired) electrons. The molecule has 0 aliphatic heterocycles. The van der Waals surface area contributed by atoms with Crippen LogP contribution in [0, 0.1) is 5.41 Å². The van der Waals surface area contributed by atoms with E-state index in [1.54, 1.807) is 11.8 Å². The zero-order valence-electron chi connectivity index (χ0n) is 9.95. The van der Waals surface area contributed by atoms with E-state index in [1.165, 1.54) is 14.2 Å². The van der Waals surface area contributed by atoms with Crippen LogP contribution in [-0.2, 0) is 19.1 Å². The smallest absolute Gasteiger partial charge is 0.318 e. The zero-order valence-corrected chi connectivity index (χ0v) is 10.8. The van der Waals surface area contributed by atoms with E-state index in [4.69, 9.17) is 0 Å². The molecule has 16 heavy (non-hydrogen) atoms. The van der Waals surface area contributed by atoms with Gasteiger partial charge in [0.2, 0.25) is 0 Å². The van der Waals surface area contributed by atoms with Crippen LogP contribution in [0.5, 0.6) is 0 Å². The molecular formula is C11H18O4S. The Balaban J connectivity index is 2.32. The third-order valence-electron chi connectivity index (χ3n) is 2.88. The van der Waals surface area contributed by atoms with Gasteiger partial charge in [-0.15, -0.1) is 11.8 Å². The second-order valence-electron chi connectivity index (χ2n) is 4.23. The van der Waals surface area contributed by atoms with Crippen molar-refractivity contribution in [1.29, 1.82) is 0 Å². The number of thioether (sulfide) groups is 1. The average Bonchev–Trinajstić information content (AvgIpc) is 3.05. The molecule has 0 aromatic carbocycles. The second-order valence-corrected chi connectivity index (χ2v) is 5.56. The Morgan fingerprint density at radius 3 is 2.38 bits per heavy atom. The molecule has 1 fully saturated rings. The predicted molar refractivity (Wildman–Crippen MR) is 62.2 cm³/mol. The molecule has 92 valence electrons. The molecule has 1 atom stereocenters. The first-order valence-electron chi connectivity index (χ1n) is 5.29. The Labute approximate surface area is 100 Å². The highest BCUT2D eigenvalue weighted by Crippen LogP contribution is 2.51. The lowest BCUT2D eigenvalue weighted by atomic mass is 10.1. The number of carbonyl (C=O) groups excluding carboxylic acids is 2. The lowest BCUT2D eigenvalue weighted by Gasteiger charge is -2.15. The van der Waals surface area contributed by atoms with Crippen LogP contribution in [0.15, 0.2) is 0 Å². The lowest BCUT2D eigenvalue weighted by molar-refractivity contribution is -0.142. The summed E-state index contributed by atoms with van der Waals surface area (Å²) in [5.41, 5.74) is 0.0695. The molecule has 0 amide bonds. The minimum atomic E-state index is -0.209. The van der Waals surface area contributed by atoms with E-state index < -0.39 is 0 Å². The maximum Gasteiger partial charge on any atom is 0.318 e. The van der Waals surface area contributed by atoms with Crippen LogP contribution in [0.4, 0.5) is 0 Å². The van der Waals surface area contributed by atoms with Gasteiger partial charge in [-0.2, -0.15) is 0 Å². The first-order valence-corrected chi connectivity index (χ1v) is 6.34. The van der Waals surface area contributed by atoms with Crippen molar-refractivity contribution in [3.05, 3.63) is 0 Å². The molecule has 0 heterocycles. The van der Waals surface area contributed by atoms with E-state index in [9.17, 15) is 9.59 Å². The number of hydrogen-bond acceptors (Lipinski definition) is 5. The minimum absolute atomic E-state index is 0.0695. The van der Waals surface area contributed by atoms with Crippen molar-refractivity contribution in [3.8, 4) is 0 Å². The van der Waals surface area contributed by atoms with Crippen molar-refractivity contribution in [3.63, 3.8) is 0 Å². The minimum Gasteiger partial charge on any atom is -0.469 e. The van der Waals surface area contributed by atoms with Crippen LogP contribution in [0.2, 0.25) is 0 Å². The molecule has 1 rings (SSSR count). The van der Waals surface area contributed by atoms with Crippen molar-refractivity contribution in [2.75, 3.05) is 20.0 Å².